The predicted molar refractivity (Wildman–Crippen MR) is 95.7 cm³/mol. The van der Waals surface area contributed by atoms with Crippen LogP contribution in [0.5, 0.6) is 0 Å². The quantitative estimate of drug-likeness (QED) is 0.785. The van der Waals surface area contributed by atoms with Crippen LogP contribution in [0.2, 0.25) is 0 Å². The summed E-state index contributed by atoms with van der Waals surface area (Å²) in [5.41, 5.74) is 0.790. The van der Waals surface area contributed by atoms with Gasteiger partial charge in [-0.25, -0.2) is 4.79 Å². The lowest BCUT2D eigenvalue weighted by atomic mass is 10.2. The highest BCUT2D eigenvalue weighted by Crippen LogP contribution is 2.27. The molecule has 1 amide bonds. The fourth-order valence-corrected chi connectivity index (χ4v) is 2.99. The molecule has 0 saturated carbocycles. The van der Waals surface area contributed by atoms with Crippen molar-refractivity contribution in [1.29, 1.82) is 0 Å². The third kappa shape index (κ3) is 6.42. The minimum absolute atomic E-state index is 0.373. The van der Waals surface area contributed by atoms with Gasteiger partial charge in [-0.15, -0.1) is 11.3 Å². The Labute approximate surface area is 141 Å². The van der Waals surface area contributed by atoms with Gasteiger partial charge in [-0.05, 0) is 38.5 Å². The predicted octanol–water partition coefficient (Wildman–Crippen LogP) is 4.03. The van der Waals surface area contributed by atoms with Crippen molar-refractivity contribution < 1.29 is 9.53 Å². The number of nitrogens with one attached hydrogen (secondary N) is 2. The minimum atomic E-state index is -0.456. The molecule has 124 valence electrons. The normalized spacial score (nSPS) is 11.3. The maximum atomic E-state index is 11.5. The van der Waals surface area contributed by atoms with Crippen molar-refractivity contribution in [1.82, 2.24) is 10.6 Å². The Hall–Kier alpha value is -1.85. The Kier molecular flexibility index (Phi) is 6.19. The first kappa shape index (κ1) is 17.5. The van der Waals surface area contributed by atoms with E-state index >= 15 is 0 Å². The van der Waals surface area contributed by atoms with E-state index in [1.165, 1.54) is 15.3 Å². The van der Waals surface area contributed by atoms with Crippen LogP contribution in [0.25, 0.3) is 10.4 Å². The highest BCUT2D eigenvalue weighted by Gasteiger charge is 2.15. The second-order valence-electron chi connectivity index (χ2n) is 6.24. The molecule has 0 bridgehead atoms. The highest BCUT2D eigenvalue weighted by atomic mass is 32.1. The van der Waals surface area contributed by atoms with Crippen LogP contribution in [0.1, 0.15) is 25.6 Å². The van der Waals surface area contributed by atoms with Gasteiger partial charge in [0.1, 0.15) is 5.60 Å². The van der Waals surface area contributed by atoms with Crippen LogP contribution in [0.3, 0.4) is 0 Å². The van der Waals surface area contributed by atoms with Gasteiger partial charge in [-0.2, -0.15) is 0 Å². The van der Waals surface area contributed by atoms with Gasteiger partial charge in [0, 0.05) is 29.4 Å². The van der Waals surface area contributed by atoms with Crippen LogP contribution in [0.4, 0.5) is 4.79 Å². The van der Waals surface area contributed by atoms with Gasteiger partial charge in [-0.1, -0.05) is 30.3 Å². The van der Waals surface area contributed by atoms with Crippen LogP contribution in [0.15, 0.2) is 42.5 Å². The molecular formula is C18H24N2O2S. The summed E-state index contributed by atoms with van der Waals surface area (Å²) in [6.45, 7) is 7.61. The Balaban J connectivity index is 1.68. The van der Waals surface area contributed by atoms with Crippen LogP contribution in [-0.4, -0.2) is 24.8 Å². The topological polar surface area (TPSA) is 50.4 Å². The van der Waals surface area contributed by atoms with Crippen molar-refractivity contribution in [2.24, 2.45) is 0 Å². The number of carbonyl (C=O) groups is 1. The first-order chi connectivity index (χ1) is 10.9. The zero-order valence-corrected chi connectivity index (χ0v) is 14.7. The maximum absolute atomic E-state index is 11.5. The average molecular weight is 332 g/mol. The molecule has 0 radical (unpaired) electrons. The van der Waals surface area contributed by atoms with Crippen LogP contribution in [-0.2, 0) is 11.3 Å². The van der Waals surface area contributed by atoms with E-state index in [-0.39, 0.29) is 6.09 Å². The number of carbonyl (C=O) groups excluding carboxylic acids is 1. The molecule has 0 aliphatic carbocycles. The molecule has 0 spiro atoms. The van der Waals surface area contributed by atoms with E-state index in [0.29, 0.717) is 13.1 Å². The zero-order chi connectivity index (χ0) is 16.7. The molecule has 2 rings (SSSR count). The lowest BCUT2D eigenvalue weighted by Crippen LogP contribution is -2.36. The number of thiophene rings is 1. The summed E-state index contributed by atoms with van der Waals surface area (Å²) in [6.07, 6.45) is -0.373. The average Bonchev–Trinajstić information content (AvgIpc) is 2.95. The smallest absolute Gasteiger partial charge is 0.407 e. The summed E-state index contributed by atoms with van der Waals surface area (Å²) >= 11 is 1.78. The van der Waals surface area contributed by atoms with Crippen LogP contribution in [0, 0.1) is 0 Å². The van der Waals surface area contributed by atoms with E-state index in [1.54, 1.807) is 11.3 Å². The molecule has 0 fully saturated rings. The molecule has 4 nitrogen and oxygen atoms in total. The summed E-state index contributed by atoms with van der Waals surface area (Å²) in [5, 5.41) is 6.06. The summed E-state index contributed by atoms with van der Waals surface area (Å²) in [4.78, 5) is 14.0. The fourth-order valence-electron chi connectivity index (χ4n) is 2.01. The van der Waals surface area contributed by atoms with Crippen molar-refractivity contribution in [3.63, 3.8) is 0 Å². The molecular weight excluding hydrogens is 308 g/mol. The largest absolute Gasteiger partial charge is 0.444 e. The number of benzene rings is 1. The molecule has 1 aromatic heterocycles. The highest BCUT2D eigenvalue weighted by molar-refractivity contribution is 7.15. The number of rotatable bonds is 6. The van der Waals surface area contributed by atoms with Crippen molar-refractivity contribution >= 4 is 17.4 Å². The third-order valence-corrected chi connectivity index (χ3v) is 4.12. The van der Waals surface area contributed by atoms with Crippen molar-refractivity contribution in [3.05, 3.63) is 47.3 Å². The van der Waals surface area contributed by atoms with E-state index in [2.05, 4.69) is 47.0 Å². The van der Waals surface area contributed by atoms with E-state index in [0.717, 1.165) is 6.54 Å². The molecule has 0 saturated heterocycles. The molecule has 0 atom stereocenters. The summed E-state index contributed by atoms with van der Waals surface area (Å²) in [6, 6.07) is 14.7. The lowest BCUT2D eigenvalue weighted by Gasteiger charge is -2.19. The minimum Gasteiger partial charge on any atom is -0.444 e. The number of ether oxygens (including phenoxy) is 1. The van der Waals surface area contributed by atoms with Crippen molar-refractivity contribution in [2.45, 2.75) is 32.9 Å². The van der Waals surface area contributed by atoms with Crippen molar-refractivity contribution in [2.75, 3.05) is 13.1 Å². The van der Waals surface area contributed by atoms with Gasteiger partial charge in [0.05, 0.1) is 0 Å². The van der Waals surface area contributed by atoms with Gasteiger partial charge >= 0.3 is 6.09 Å². The van der Waals surface area contributed by atoms with Gasteiger partial charge in [0.15, 0.2) is 0 Å². The van der Waals surface area contributed by atoms with Gasteiger partial charge in [0.2, 0.25) is 0 Å². The molecule has 0 aliphatic heterocycles. The molecule has 0 unspecified atom stereocenters. The van der Waals surface area contributed by atoms with Crippen molar-refractivity contribution in [3.8, 4) is 10.4 Å². The summed E-state index contributed by atoms with van der Waals surface area (Å²) in [5.74, 6) is 0. The first-order valence-corrected chi connectivity index (χ1v) is 8.57. The van der Waals surface area contributed by atoms with E-state index in [9.17, 15) is 4.79 Å². The number of amides is 1. The monoisotopic (exact) mass is 332 g/mol. The Morgan fingerprint density at radius 3 is 2.52 bits per heavy atom. The molecule has 1 aromatic carbocycles. The van der Waals surface area contributed by atoms with E-state index in [1.807, 2.05) is 26.8 Å². The molecule has 23 heavy (non-hydrogen) atoms. The SMILES string of the molecule is CC(C)(C)OC(=O)NCCNCc1ccc(-c2ccccc2)s1. The van der Waals surface area contributed by atoms with E-state index < -0.39 is 5.60 Å². The molecule has 2 N–H and O–H groups in total. The van der Waals surface area contributed by atoms with Gasteiger partial charge in [-0.3, -0.25) is 0 Å². The number of alkyl carbamates (subject to hydrolysis) is 1. The zero-order valence-electron chi connectivity index (χ0n) is 13.9. The first-order valence-electron chi connectivity index (χ1n) is 7.76. The second kappa shape index (κ2) is 8.13. The second-order valence-corrected chi connectivity index (χ2v) is 7.41. The van der Waals surface area contributed by atoms with Crippen LogP contribution < -0.4 is 10.6 Å². The number of hydrogen-bond donors (Lipinski definition) is 2. The van der Waals surface area contributed by atoms with Gasteiger partial charge in [0.25, 0.3) is 0 Å². The molecule has 2 aromatic rings. The third-order valence-electron chi connectivity index (χ3n) is 2.99. The fraction of sp³-hybridized carbons (Fsp3) is 0.389. The molecule has 0 aliphatic rings. The Morgan fingerprint density at radius 1 is 1.09 bits per heavy atom. The van der Waals surface area contributed by atoms with Crippen LogP contribution >= 0.6 is 11.3 Å². The molecule has 1 heterocycles. The number of hydrogen-bond acceptors (Lipinski definition) is 4. The van der Waals surface area contributed by atoms with E-state index in [4.69, 9.17) is 4.74 Å². The lowest BCUT2D eigenvalue weighted by molar-refractivity contribution is 0.0528. The Bertz CT molecular complexity index is 617. The Morgan fingerprint density at radius 2 is 1.83 bits per heavy atom. The standard InChI is InChI=1S/C18H24N2O2S/c1-18(2,3)22-17(21)20-12-11-19-13-15-9-10-16(23-15)14-7-5-4-6-8-14/h4-10,19H,11-13H2,1-3H3,(H,20,21). The van der Waals surface area contributed by atoms with Gasteiger partial charge < -0.3 is 15.4 Å². The summed E-state index contributed by atoms with van der Waals surface area (Å²) < 4.78 is 5.18. The summed E-state index contributed by atoms with van der Waals surface area (Å²) in [7, 11) is 0. The molecule has 5 heteroatoms. The maximum Gasteiger partial charge on any atom is 0.407 e.